The van der Waals surface area contributed by atoms with Gasteiger partial charge in [-0.3, -0.25) is 4.79 Å². The van der Waals surface area contributed by atoms with Crippen LogP contribution < -0.4 is 11.1 Å². The minimum atomic E-state index is -1.61. The smallest absolute Gasteiger partial charge is 0.226 e. The van der Waals surface area contributed by atoms with E-state index in [4.69, 9.17) is 5.73 Å². The van der Waals surface area contributed by atoms with Crippen LogP contribution in [0.3, 0.4) is 0 Å². The van der Waals surface area contributed by atoms with Gasteiger partial charge in [-0.15, -0.1) is 0 Å². The highest BCUT2D eigenvalue weighted by molar-refractivity contribution is 5.91. The molecule has 1 aromatic rings. The van der Waals surface area contributed by atoms with Gasteiger partial charge in [0.15, 0.2) is 17.5 Å². The number of anilines is 1. The van der Waals surface area contributed by atoms with Crippen LogP contribution in [0.25, 0.3) is 0 Å². The van der Waals surface area contributed by atoms with Crippen molar-refractivity contribution < 1.29 is 18.0 Å². The standard InChI is InChI=1S/C13H17F3N2O/c1-13(2,3)9(17)6-10(19)18-8-5-4-7(14)11(15)12(8)16/h4-5,9H,6,17H2,1-3H3,(H,18,19). The third-order valence-corrected chi connectivity index (χ3v) is 2.83. The molecule has 3 nitrogen and oxygen atoms in total. The summed E-state index contributed by atoms with van der Waals surface area (Å²) in [5.41, 5.74) is 5.12. The van der Waals surface area contributed by atoms with Crippen LogP contribution in [0.1, 0.15) is 27.2 Å². The molecule has 1 amide bonds. The van der Waals surface area contributed by atoms with Gasteiger partial charge in [-0.1, -0.05) is 20.8 Å². The first kappa shape index (κ1) is 15.5. The Morgan fingerprint density at radius 1 is 1.26 bits per heavy atom. The SMILES string of the molecule is CC(C)(C)C(N)CC(=O)Nc1ccc(F)c(F)c1F. The van der Waals surface area contributed by atoms with E-state index in [-0.39, 0.29) is 11.8 Å². The van der Waals surface area contributed by atoms with E-state index in [0.717, 1.165) is 12.1 Å². The normalized spacial score (nSPS) is 13.2. The zero-order valence-electron chi connectivity index (χ0n) is 11.1. The molecule has 106 valence electrons. The molecule has 6 heteroatoms. The molecular formula is C13H17F3N2O. The van der Waals surface area contributed by atoms with Crippen LogP contribution >= 0.6 is 0 Å². The Labute approximate surface area is 110 Å². The maximum atomic E-state index is 13.3. The fourth-order valence-electron chi connectivity index (χ4n) is 1.33. The first-order valence-electron chi connectivity index (χ1n) is 5.82. The molecule has 0 spiro atoms. The predicted molar refractivity (Wildman–Crippen MR) is 67.0 cm³/mol. The molecule has 1 atom stereocenters. The Bertz CT molecular complexity index is 484. The van der Waals surface area contributed by atoms with Gasteiger partial charge < -0.3 is 11.1 Å². The minimum Gasteiger partial charge on any atom is -0.327 e. The van der Waals surface area contributed by atoms with E-state index in [9.17, 15) is 18.0 Å². The van der Waals surface area contributed by atoms with Crippen LogP contribution in [-0.2, 0) is 4.79 Å². The topological polar surface area (TPSA) is 55.1 Å². The molecule has 0 bridgehead atoms. The Hall–Kier alpha value is -1.56. The van der Waals surface area contributed by atoms with Crippen LogP contribution in [0.5, 0.6) is 0 Å². The Kier molecular flexibility index (Phi) is 4.57. The summed E-state index contributed by atoms with van der Waals surface area (Å²) in [7, 11) is 0. The summed E-state index contributed by atoms with van der Waals surface area (Å²) in [6.07, 6.45) is -0.0397. The Morgan fingerprint density at radius 3 is 2.37 bits per heavy atom. The molecule has 1 unspecified atom stereocenters. The second-order valence-corrected chi connectivity index (χ2v) is 5.45. The van der Waals surface area contributed by atoms with Crippen molar-refractivity contribution in [3.63, 3.8) is 0 Å². The summed E-state index contributed by atoms with van der Waals surface area (Å²) in [6.45, 7) is 5.59. The van der Waals surface area contributed by atoms with E-state index in [1.807, 2.05) is 20.8 Å². The third-order valence-electron chi connectivity index (χ3n) is 2.83. The number of benzene rings is 1. The van der Waals surface area contributed by atoms with Crippen molar-refractivity contribution in [3.05, 3.63) is 29.6 Å². The van der Waals surface area contributed by atoms with E-state index in [2.05, 4.69) is 5.32 Å². The highest BCUT2D eigenvalue weighted by atomic mass is 19.2. The van der Waals surface area contributed by atoms with Gasteiger partial charge in [0.25, 0.3) is 0 Å². The molecule has 0 heterocycles. The molecule has 19 heavy (non-hydrogen) atoms. The van der Waals surface area contributed by atoms with Gasteiger partial charge in [-0.05, 0) is 17.5 Å². The third kappa shape index (κ3) is 3.96. The number of halogens is 3. The largest absolute Gasteiger partial charge is 0.327 e. The van der Waals surface area contributed by atoms with Gasteiger partial charge in [0.05, 0.1) is 5.69 Å². The lowest BCUT2D eigenvalue weighted by Crippen LogP contribution is -2.38. The van der Waals surface area contributed by atoms with Gasteiger partial charge >= 0.3 is 0 Å². The molecule has 0 fully saturated rings. The molecule has 1 rings (SSSR count). The van der Waals surface area contributed by atoms with Crippen LogP contribution in [-0.4, -0.2) is 11.9 Å². The molecule has 1 aromatic carbocycles. The number of carbonyl (C=O) groups is 1. The molecule has 0 aliphatic heterocycles. The van der Waals surface area contributed by atoms with Crippen LogP contribution in [0, 0.1) is 22.9 Å². The second kappa shape index (κ2) is 5.61. The number of nitrogens with one attached hydrogen (secondary N) is 1. The number of amides is 1. The number of hydrogen-bond acceptors (Lipinski definition) is 2. The van der Waals surface area contributed by atoms with Gasteiger partial charge in [-0.2, -0.15) is 0 Å². The molecule has 0 saturated carbocycles. The van der Waals surface area contributed by atoms with Crippen LogP contribution in [0.2, 0.25) is 0 Å². The van der Waals surface area contributed by atoms with Crippen LogP contribution in [0.15, 0.2) is 12.1 Å². The highest BCUT2D eigenvalue weighted by Crippen LogP contribution is 2.22. The average Bonchev–Trinajstić information content (AvgIpc) is 2.28. The van der Waals surface area contributed by atoms with Gasteiger partial charge in [-0.25, -0.2) is 13.2 Å². The zero-order chi connectivity index (χ0) is 14.8. The number of nitrogens with two attached hydrogens (primary N) is 1. The van der Waals surface area contributed by atoms with Crippen molar-refractivity contribution in [2.75, 3.05) is 5.32 Å². The van der Waals surface area contributed by atoms with Crippen molar-refractivity contribution in [1.82, 2.24) is 0 Å². The van der Waals surface area contributed by atoms with Crippen molar-refractivity contribution in [1.29, 1.82) is 0 Å². The molecule has 0 saturated heterocycles. The second-order valence-electron chi connectivity index (χ2n) is 5.45. The van der Waals surface area contributed by atoms with Crippen molar-refractivity contribution in [3.8, 4) is 0 Å². The zero-order valence-corrected chi connectivity index (χ0v) is 11.1. The predicted octanol–water partition coefficient (Wildman–Crippen LogP) is 2.81. The number of carbonyl (C=O) groups excluding carboxylic acids is 1. The fourth-order valence-corrected chi connectivity index (χ4v) is 1.33. The maximum absolute atomic E-state index is 13.3. The molecule has 0 aliphatic rings. The van der Waals surface area contributed by atoms with E-state index in [0.29, 0.717) is 0 Å². The van der Waals surface area contributed by atoms with E-state index in [1.54, 1.807) is 0 Å². The van der Waals surface area contributed by atoms with Crippen molar-refractivity contribution in [2.24, 2.45) is 11.1 Å². The summed E-state index contributed by atoms with van der Waals surface area (Å²) < 4.78 is 39.0. The lowest BCUT2D eigenvalue weighted by atomic mass is 9.85. The van der Waals surface area contributed by atoms with E-state index < -0.39 is 35.1 Å². The Balaban J connectivity index is 2.76. The molecule has 0 radical (unpaired) electrons. The monoisotopic (exact) mass is 274 g/mol. The molecule has 0 aliphatic carbocycles. The van der Waals surface area contributed by atoms with Crippen molar-refractivity contribution in [2.45, 2.75) is 33.2 Å². The van der Waals surface area contributed by atoms with Crippen molar-refractivity contribution >= 4 is 11.6 Å². The van der Waals surface area contributed by atoms with Gasteiger partial charge in [0.2, 0.25) is 5.91 Å². The highest BCUT2D eigenvalue weighted by Gasteiger charge is 2.24. The summed E-state index contributed by atoms with van der Waals surface area (Å²) in [5, 5.41) is 2.18. The number of hydrogen-bond donors (Lipinski definition) is 2. The maximum Gasteiger partial charge on any atom is 0.226 e. The van der Waals surface area contributed by atoms with E-state index >= 15 is 0 Å². The first-order chi connectivity index (χ1) is 8.62. The minimum absolute atomic E-state index is 0.0397. The van der Waals surface area contributed by atoms with Gasteiger partial charge in [0, 0.05) is 12.5 Å². The first-order valence-corrected chi connectivity index (χ1v) is 5.82. The summed E-state index contributed by atoms with van der Waals surface area (Å²) in [6, 6.07) is 1.28. The fraction of sp³-hybridized carbons (Fsp3) is 0.462. The summed E-state index contributed by atoms with van der Waals surface area (Å²) in [5.74, 6) is -4.88. The molecule has 0 aromatic heterocycles. The van der Waals surface area contributed by atoms with E-state index in [1.165, 1.54) is 0 Å². The lowest BCUT2D eigenvalue weighted by molar-refractivity contribution is -0.117. The van der Waals surface area contributed by atoms with Gasteiger partial charge in [0.1, 0.15) is 0 Å². The lowest BCUT2D eigenvalue weighted by Gasteiger charge is -2.26. The molecule has 3 N–H and O–H groups in total. The molecular weight excluding hydrogens is 257 g/mol. The van der Waals surface area contributed by atoms with Crippen LogP contribution in [0.4, 0.5) is 18.9 Å². The number of rotatable bonds is 3. The quantitative estimate of drug-likeness (QED) is 0.833. The average molecular weight is 274 g/mol. The Morgan fingerprint density at radius 2 is 1.84 bits per heavy atom. The summed E-state index contributed by atoms with van der Waals surface area (Å²) in [4.78, 5) is 11.6. The summed E-state index contributed by atoms with van der Waals surface area (Å²) >= 11 is 0.